The van der Waals surface area contributed by atoms with E-state index < -0.39 is 0 Å². The van der Waals surface area contributed by atoms with Gasteiger partial charge in [-0.1, -0.05) is 19.9 Å². The largest absolute Gasteiger partial charge is 0.494 e. The highest BCUT2D eigenvalue weighted by Gasteiger charge is 2.13. The number of pyridine rings is 1. The van der Waals surface area contributed by atoms with E-state index in [4.69, 9.17) is 9.72 Å². The van der Waals surface area contributed by atoms with Crippen molar-refractivity contribution in [3.8, 4) is 5.75 Å². The fourth-order valence-corrected chi connectivity index (χ4v) is 2.16. The predicted molar refractivity (Wildman–Crippen MR) is 76.7 cm³/mol. The second kappa shape index (κ2) is 4.84. The maximum atomic E-state index is 5.43. The number of hydrogen-bond acceptors (Lipinski definition) is 3. The lowest BCUT2D eigenvalue weighted by Gasteiger charge is -2.15. The van der Waals surface area contributed by atoms with Crippen molar-refractivity contribution in [1.29, 1.82) is 0 Å². The first kappa shape index (κ1) is 12.7. The molecule has 1 heterocycles. The van der Waals surface area contributed by atoms with Gasteiger partial charge in [-0.2, -0.15) is 0 Å². The van der Waals surface area contributed by atoms with E-state index in [2.05, 4.69) is 38.2 Å². The van der Waals surface area contributed by atoms with Gasteiger partial charge in [-0.05, 0) is 30.5 Å². The van der Waals surface area contributed by atoms with Crippen LogP contribution >= 0.6 is 0 Å². The minimum atomic E-state index is 0.395. The first-order chi connectivity index (χ1) is 8.58. The number of anilines is 1. The lowest BCUT2D eigenvalue weighted by Crippen LogP contribution is -2.00. The number of nitrogens with zero attached hydrogens (tertiary/aromatic N) is 1. The summed E-state index contributed by atoms with van der Waals surface area (Å²) < 4.78 is 5.43. The van der Waals surface area contributed by atoms with E-state index in [1.54, 1.807) is 7.11 Å². The number of ether oxygens (including phenoxy) is 1. The molecular weight excluding hydrogens is 224 g/mol. The number of hydrogen-bond donors (Lipinski definition) is 1. The smallest absolute Gasteiger partial charge is 0.145 e. The van der Waals surface area contributed by atoms with E-state index in [9.17, 15) is 0 Å². The van der Waals surface area contributed by atoms with Crippen molar-refractivity contribution >= 4 is 16.6 Å². The molecule has 0 spiro atoms. The van der Waals surface area contributed by atoms with E-state index in [1.165, 1.54) is 5.56 Å². The maximum absolute atomic E-state index is 5.43. The quantitative estimate of drug-likeness (QED) is 0.893. The number of rotatable bonds is 3. The summed E-state index contributed by atoms with van der Waals surface area (Å²) >= 11 is 0. The fourth-order valence-electron chi connectivity index (χ4n) is 2.16. The van der Waals surface area contributed by atoms with Gasteiger partial charge in [-0.15, -0.1) is 0 Å². The first-order valence-electron chi connectivity index (χ1n) is 6.24. The Morgan fingerprint density at radius 1 is 1.28 bits per heavy atom. The molecule has 2 aromatic rings. The van der Waals surface area contributed by atoms with Crippen molar-refractivity contribution in [1.82, 2.24) is 4.98 Å². The highest BCUT2D eigenvalue weighted by Crippen LogP contribution is 2.34. The molecule has 1 N–H and O–H groups in total. The highest BCUT2D eigenvalue weighted by atomic mass is 16.5. The molecule has 0 bridgehead atoms. The van der Waals surface area contributed by atoms with Crippen LogP contribution in [-0.2, 0) is 0 Å². The van der Waals surface area contributed by atoms with Crippen LogP contribution in [0.15, 0.2) is 18.2 Å². The van der Waals surface area contributed by atoms with Gasteiger partial charge in [0.15, 0.2) is 0 Å². The molecule has 1 aromatic carbocycles. The average Bonchev–Trinajstić information content (AvgIpc) is 2.37. The third-order valence-electron chi connectivity index (χ3n) is 3.23. The van der Waals surface area contributed by atoms with Crippen molar-refractivity contribution in [3.63, 3.8) is 0 Å². The van der Waals surface area contributed by atoms with E-state index in [0.717, 1.165) is 28.0 Å². The Kier molecular flexibility index (Phi) is 3.41. The van der Waals surface area contributed by atoms with Crippen LogP contribution in [0.3, 0.4) is 0 Å². The second-order valence-electron chi connectivity index (χ2n) is 4.81. The van der Waals surface area contributed by atoms with Gasteiger partial charge in [0.05, 0.1) is 7.11 Å². The Bertz CT molecular complexity index is 576. The van der Waals surface area contributed by atoms with Crippen molar-refractivity contribution in [2.75, 3.05) is 19.5 Å². The van der Waals surface area contributed by atoms with E-state index in [0.29, 0.717) is 5.92 Å². The molecule has 0 saturated carbocycles. The van der Waals surface area contributed by atoms with Crippen LogP contribution in [0, 0.1) is 6.92 Å². The monoisotopic (exact) mass is 244 g/mol. The van der Waals surface area contributed by atoms with Gasteiger partial charge in [-0.3, -0.25) is 0 Å². The third-order valence-corrected chi connectivity index (χ3v) is 3.23. The van der Waals surface area contributed by atoms with Crippen LogP contribution in [0.5, 0.6) is 5.75 Å². The molecule has 1 aromatic heterocycles. The van der Waals surface area contributed by atoms with Crippen LogP contribution in [0.25, 0.3) is 10.9 Å². The summed E-state index contributed by atoms with van der Waals surface area (Å²) in [5.74, 6) is 1.22. The lowest BCUT2D eigenvalue weighted by molar-refractivity contribution is 0.418. The molecule has 18 heavy (non-hydrogen) atoms. The second-order valence-corrected chi connectivity index (χ2v) is 4.81. The lowest BCUT2D eigenvalue weighted by atomic mass is 10.0. The number of methoxy groups -OCH3 is 1. The Labute approximate surface area is 108 Å². The molecule has 0 aliphatic carbocycles. The summed E-state index contributed by atoms with van der Waals surface area (Å²) in [4.78, 5) is 4.75. The van der Waals surface area contributed by atoms with Crippen molar-refractivity contribution in [3.05, 3.63) is 29.5 Å². The molecule has 96 valence electrons. The zero-order chi connectivity index (χ0) is 13.3. The zero-order valence-corrected chi connectivity index (χ0v) is 11.7. The van der Waals surface area contributed by atoms with Gasteiger partial charge in [0, 0.05) is 23.8 Å². The summed E-state index contributed by atoms with van der Waals surface area (Å²) in [5.41, 5.74) is 4.34. The minimum absolute atomic E-state index is 0.395. The number of aryl methyl sites for hydroxylation is 1. The summed E-state index contributed by atoms with van der Waals surface area (Å²) in [6.07, 6.45) is 0. The minimum Gasteiger partial charge on any atom is -0.494 e. The molecule has 3 heteroatoms. The van der Waals surface area contributed by atoms with Crippen LogP contribution in [0.4, 0.5) is 5.69 Å². The highest BCUT2D eigenvalue weighted by molar-refractivity contribution is 5.97. The van der Waals surface area contributed by atoms with E-state index >= 15 is 0 Å². The van der Waals surface area contributed by atoms with E-state index in [1.807, 2.05) is 13.1 Å². The predicted octanol–water partition coefficient (Wildman–Crippen LogP) is 3.72. The van der Waals surface area contributed by atoms with Gasteiger partial charge >= 0.3 is 0 Å². The van der Waals surface area contributed by atoms with Gasteiger partial charge in [0.2, 0.25) is 0 Å². The molecule has 0 fully saturated rings. The van der Waals surface area contributed by atoms with Crippen LogP contribution in [-0.4, -0.2) is 19.1 Å². The van der Waals surface area contributed by atoms with Gasteiger partial charge in [-0.25, -0.2) is 4.98 Å². The first-order valence-corrected chi connectivity index (χ1v) is 6.24. The summed E-state index contributed by atoms with van der Waals surface area (Å²) in [6, 6.07) is 6.17. The summed E-state index contributed by atoms with van der Waals surface area (Å²) in [7, 11) is 3.63. The Morgan fingerprint density at radius 3 is 2.56 bits per heavy atom. The van der Waals surface area contributed by atoms with Gasteiger partial charge in [0.1, 0.15) is 11.3 Å². The average molecular weight is 244 g/mol. The molecule has 0 atom stereocenters. The van der Waals surface area contributed by atoms with Crippen molar-refractivity contribution < 1.29 is 4.74 Å². The number of fused-ring (bicyclic) bond motifs is 1. The SMILES string of the molecule is CNc1cc(C(C)C)nc2c(OC)ccc(C)c12. The number of nitrogens with one attached hydrogen (secondary N) is 1. The van der Waals surface area contributed by atoms with E-state index in [-0.39, 0.29) is 0 Å². The molecule has 0 unspecified atom stereocenters. The standard InChI is InChI=1S/C15H20N2O/c1-9(2)11-8-12(16-4)14-10(3)6-7-13(18-5)15(14)17-11/h6-9H,1-5H3,(H,16,17). The topological polar surface area (TPSA) is 34.2 Å². The fraction of sp³-hybridized carbons (Fsp3) is 0.400. The summed E-state index contributed by atoms with van der Waals surface area (Å²) in [6.45, 7) is 6.39. The molecular formula is C15H20N2O. The van der Waals surface area contributed by atoms with Gasteiger partial charge in [0.25, 0.3) is 0 Å². The number of benzene rings is 1. The van der Waals surface area contributed by atoms with Crippen LogP contribution < -0.4 is 10.1 Å². The Balaban J connectivity index is 2.86. The third kappa shape index (κ3) is 2.01. The molecule has 0 saturated heterocycles. The zero-order valence-electron chi connectivity index (χ0n) is 11.7. The molecule has 0 aliphatic rings. The Morgan fingerprint density at radius 2 is 2.00 bits per heavy atom. The maximum Gasteiger partial charge on any atom is 0.145 e. The molecule has 2 rings (SSSR count). The molecule has 0 aliphatic heterocycles. The Hall–Kier alpha value is -1.77. The normalized spacial score (nSPS) is 11.0. The molecule has 0 amide bonds. The molecule has 3 nitrogen and oxygen atoms in total. The number of aromatic nitrogens is 1. The van der Waals surface area contributed by atoms with Crippen molar-refractivity contribution in [2.45, 2.75) is 26.7 Å². The molecule has 0 radical (unpaired) electrons. The van der Waals surface area contributed by atoms with Gasteiger partial charge < -0.3 is 10.1 Å². The summed E-state index contributed by atoms with van der Waals surface area (Å²) in [5, 5.41) is 4.40. The van der Waals surface area contributed by atoms with Crippen LogP contribution in [0.2, 0.25) is 0 Å². The van der Waals surface area contributed by atoms with Crippen molar-refractivity contribution in [2.24, 2.45) is 0 Å². The van der Waals surface area contributed by atoms with Crippen LogP contribution in [0.1, 0.15) is 31.0 Å².